The van der Waals surface area contributed by atoms with Gasteiger partial charge in [-0.25, -0.2) is 0 Å². The van der Waals surface area contributed by atoms with E-state index in [1.807, 2.05) is 13.8 Å². The van der Waals surface area contributed by atoms with Gasteiger partial charge in [0.2, 0.25) is 5.91 Å². The number of benzene rings is 2. The van der Waals surface area contributed by atoms with Crippen molar-refractivity contribution in [2.45, 2.75) is 45.6 Å². The fraction of sp³-hybridized carbons (Fsp3) is 0.375. The summed E-state index contributed by atoms with van der Waals surface area (Å²) in [5, 5.41) is 5.80. The molecule has 1 fully saturated rings. The van der Waals surface area contributed by atoms with Crippen molar-refractivity contribution >= 4 is 40.9 Å². The zero-order chi connectivity index (χ0) is 24.1. The number of carbonyl (C=O) groups excluding carboxylic acids is 3. The van der Waals surface area contributed by atoms with Crippen LogP contribution in [0.2, 0.25) is 10.0 Å². The molecular formula is C24H27Cl2N3O4. The second-order valence-electron chi connectivity index (χ2n) is 8.18. The first-order chi connectivity index (χ1) is 15.7. The lowest BCUT2D eigenvalue weighted by Crippen LogP contribution is -2.48. The number of nitrogens with zero attached hydrogens (tertiary/aromatic N) is 1. The van der Waals surface area contributed by atoms with Gasteiger partial charge in [-0.1, -0.05) is 41.4 Å². The Morgan fingerprint density at radius 1 is 1.06 bits per heavy atom. The molecule has 9 heteroatoms. The summed E-state index contributed by atoms with van der Waals surface area (Å²) in [6, 6.07) is 11.1. The van der Waals surface area contributed by atoms with Gasteiger partial charge in [-0.05, 0) is 50.6 Å². The first-order valence-corrected chi connectivity index (χ1v) is 11.5. The smallest absolute Gasteiger partial charge is 0.254 e. The molecule has 3 unspecified atom stereocenters. The Labute approximate surface area is 203 Å². The molecule has 0 saturated carbocycles. The van der Waals surface area contributed by atoms with E-state index in [9.17, 15) is 14.4 Å². The van der Waals surface area contributed by atoms with Gasteiger partial charge in [-0.15, -0.1) is 0 Å². The van der Waals surface area contributed by atoms with Gasteiger partial charge in [-0.2, -0.15) is 0 Å². The van der Waals surface area contributed by atoms with Crippen LogP contribution < -0.4 is 10.6 Å². The minimum absolute atomic E-state index is 0.00423. The fourth-order valence-corrected chi connectivity index (χ4v) is 4.04. The normalized spacial score (nSPS) is 19.0. The van der Waals surface area contributed by atoms with E-state index in [0.717, 1.165) is 5.56 Å². The van der Waals surface area contributed by atoms with E-state index in [4.69, 9.17) is 27.9 Å². The number of hydrogen-bond donors (Lipinski definition) is 2. The van der Waals surface area contributed by atoms with Crippen molar-refractivity contribution in [2.24, 2.45) is 0 Å². The van der Waals surface area contributed by atoms with E-state index in [1.54, 1.807) is 48.2 Å². The molecule has 1 heterocycles. The van der Waals surface area contributed by atoms with Crippen LogP contribution in [0, 0.1) is 0 Å². The molecule has 0 radical (unpaired) electrons. The molecule has 3 amide bonds. The zero-order valence-electron chi connectivity index (χ0n) is 18.7. The Hall–Kier alpha value is -2.61. The zero-order valence-corrected chi connectivity index (χ0v) is 20.2. The quantitative estimate of drug-likeness (QED) is 0.644. The van der Waals surface area contributed by atoms with Gasteiger partial charge >= 0.3 is 0 Å². The molecule has 2 N–H and O–H groups in total. The van der Waals surface area contributed by atoms with E-state index in [1.165, 1.54) is 6.07 Å². The lowest BCUT2D eigenvalue weighted by atomic mass is 10.1. The number of carbonyl (C=O) groups is 3. The topological polar surface area (TPSA) is 87.7 Å². The molecule has 33 heavy (non-hydrogen) atoms. The summed E-state index contributed by atoms with van der Waals surface area (Å²) in [6.45, 7) is 6.87. The Morgan fingerprint density at radius 2 is 1.70 bits per heavy atom. The van der Waals surface area contributed by atoms with Crippen LogP contribution in [0.1, 0.15) is 47.1 Å². The summed E-state index contributed by atoms with van der Waals surface area (Å²) in [7, 11) is 0. The third-order valence-electron chi connectivity index (χ3n) is 5.31. The van der Waals surface area contributed by atoms with Crippen LogP contribution >= 0.6 is 23.2 Å². The number of ether oxygens (including phenoxy) is 1. The largest absolute Gasteiger partial charge is 0.372 e. The number of amides is 3. The lowest BCUT2D eigenvalue weighted by molar-refractivity contribution is -0.122. The summed E-state index contributed by atoms with van der Waals surface area (Å²) in [5.74, 6) is -0.874. The van der Waals surface area contributed by atoms with E-state index in [0.29, 0.717) is 18.7 Å². The highest BCUT2D eigenvalue weighted by Crippen LogP contribution is 2.25. The highest BCUT2D eigenvalue weighted by Gasteiger charge is 2.26. The van der Waals surface area contributed by atoms with Crippen LogP contribution in [0.4, 0.5) is 0 Å². The summed E-state index contributed by atoms with van der Waals surface area (Å²) in [5.41, 5.74) is 1.62. The molecule has 1 aliphatic heterocycles. The molecule has 1 saturated heterocycles. The first kappa shape index (κ1) is 25.0. The predicted octanol–water partition coefficient (Wildman–Crippen LogP) is 3.68. The fourth-order valence-electron chi connectivity index (χ4n) is 3.65. The van der Waals surface area contributed by atoms with Crippen molar-refractivity contribution in [1.29, 1.82) is 0 Å². The molecule has 7 nitrogen and oxygen atoms in total. The molecule has 3 atom stereocenters. The predicted molar refractivity (Wildman–Crippen MR) is 128 cm³/mol. The van der Waals surface area contributed by atoms with Gasteiger partial charge in [0.25, 0.3) is 11.8 Å². The SMILES string of the molecule is CC1CN(C(=O)c2ccc(CNC(=O)C(C)NC(=O)c3cccc(Cl)c3Cl)cc2)CC(C)O1. The first-order valence-electron chi connectivity index (χ1n) is 10.7. The highest BCUT2D eigenvalue weighted by molar-refractivity contribution is 6.43. The van der Waals surface area contributed by atoms with Crippen molar-refractivity contribution in [3.63, 3.8) is 0 Å². The monoisotopic (exact) mass is 491 g/mol. The van der Waals surface area contributed by atoms with Crippen LogP contribution in [0.3, 0.4) is 0 Å². The molecule has 0 spiro atoms. The number of halogens is 2. The molecule has 2 aromatic carbocycles. The van der Waals surface area contributed by atoms with E-state index < -0.39 is 11.9 Å². The maximum Gasteiger partial charge on any atom is 0.254 e. The molecule has 0 bridgehead atoms. The summed E-state index contributed by atoms with van der Waals surface area (Å²) >= 11 is 12.0. The van der Waals surface area contributed by atoms with Gasteiger partial charge in [0.15, 0.2) is 0 Å². The van der Waals surface area contributed by atoms with Gasteiger partial charge in [0.1, 0.15) is 6.04 Å². The second kappa shape index (κ2) is 11.0. The van der Waals surface area contributed by atoms with Crippen LogP contribution in [0.5, 0.6) is 0 Å². The van der Waals surface area contributed by atoms with Crippen LogP contribution in [-0.4, -0.2) is 54.0 Å². The van der Waals surface area contributed by atoms with Crippen molar-refractivity contribution in [3.8, 4) is 0 Å². The Kier molecular flexibility index (Phi) is 8.35. The standard InChI is InChI=1S/C24H27Cl2N3O4/c1-14-12-29(13-15(2)33-14)24(32)18-9-7-17(8-10-18)11-27-22(30)16(3)28-23(31)19-5-4-6-20(25)21(19)26/h4-10,14-16H,11-13H2,1-3H3,(H,27,30)(H,28,31). The maximum absolute atomic E-state index is 12.8. The average molecular weight is 492 g/mol. The van der Waals surface area contributed by atoms with Crippen molar-refractivity contribution < 1.29 is 19.1 Å². The van der Waals surface area contributed by atoms with Gasteiger partial charge in [0.05, 0.1) is 27.8 Å². The van der Waals surface area contributed by atoms with Gasteiger partial charge in [-0.3, -0.25) is 14.4 Å². The molecule has 176 valence electrons. The lowest BCUT2D eigenvalue weighted by Gasteiger charge is -2.35. The van der Waals surface area contributed by atoms with Crippen molar-refractivity contribution in [2.75, 3.05) is 13.1 Å². The molecular weight excluding hydrogens is 465 g/mol. The Bertz CT molecular complexity index is 1020. The number of morpholine rings is 1. The molecule has 3 rings (SSSR count). The third-order valence-corrected chi connectivity index (χ3v) is 6.13. The maximum atomic E-state index is 12.8. The number of rotatable bonds is 6. The van der Waals surface area contributed by atoms with Gasteiger partial charge in [0, 0.05) is 25.2 Å². The Morgan fingerprint density at radius 3 is 2.33 bits per heavy atom. The van der Waals surface area contributed by atoms with Gasteiger partial charge < -0.3 is 20.3 Å². The van der Waals surface area contributed by atoms with E-state index in [-0.39, 0.29) is 46.2 Å². The average Bonchev–Trinajstić information content (AvgIpc) is 2.78. The summed E-state index contributed by atoms with van der Waals surface area (Å²) in [4.78, 5) is 39.4. The second-order valence-corrected chi connectivity index (χ2v) is 8.96. The molecule has 0 aromatic heterocycles. The molecule has 2 aromatic rings. The summed E-state index contributed by atoms with van der Waals surface area (Å²) in [6.07, 6.45) is 0.00846. The van der Waals surface area contributed by atoms with E-state index >= 15 is 0 Å². The van der Waals surface area contributed by atoms with Crippen LogP contribution in [-0.2, 0) is 16.1 Å². The van der Waals surface area contributed by atoms with Crippen molar-refractivity contribution in [1.82, 2.24) is 15.5 Å². The number of nitrogens with one attached hydrogen (secondary N) is 2. The Balaban J connectivity index is 1.52. The third kappa shape index (κ3) is 6.47. The highest BCUT2D eigenvalue weighted by atomic mass is 35.5. The number of hydrogen-bond acceptors (Lipinski definition) is 4. The summed E-state index contributed by atoms with van der Waals surface area (Å²) < 4.78 is 5.68. The van der Waals surface area contributed by atoms with Crippen LogP contribution in [0.15, 0.2) is 42.5 Å². The minimum atomic E-state index is -0.779. The van der Waals surface area contributed by atoms with Crippen LogP contribution in [0.25, 0.3) is 0 Å². The van der Waals surface area contributed by atoms with Crippen molar-refractivity contribution in [3.05, 3.63) is 69.2 Å². The van der Waals surface area contributed by atoms with E-state index in [2.05, 4.69) is 10.6 Å². The molecule has 1 aliphatic rings. The molecule has 0 aliphatic carbocycles. The minimum Gasteiger partial charge on any atom is -0.372 e.